The predicted octanol–water partition coefficient (Wildman–Crippen LogP) is 7.68. The van der Waals surface area contributed by atoms with Crippen molar-refractivity contribution in [2.75, 3.05) is 0 Å². The fraction of sp³-hybridized carbons (Fsp3) is 0.0769. The Hall–Kier alpha value is -3.21. The van der Waals surface area contributed by atoms with E-state index in [0.29, 0.717) is 14.7 Å². The zero-order chi connectivity index (χ0) is 26.3. The zero-order valence-electron chi connectivity index (χ0n) is 19.0. The molecule has 0 spiro atoms. The first-order valence-electron chi connectivity index (χ1n) is 10.5. The van der Waals surface area contributed by atoms with Gasteiger partial charge in [-0.25, -0.2) is 22.0 Å². The van der Waals surface area contributed by atoms with Crippen LogP contribution in [-0.2, 0) is 10.1 Å². The summed E-state index contributed by atoms with van der Waals surface area (Å²) in [5.41, 5.74) is 1.71. The third-order valence-electron chi connectivity index (χ3n) is 5.45. The Balaban J connectivity index is 2.08. The lowest BCUT2D eigenvalue weighted by Crippen LogP contribution is -2.22. The molecular weight excluding hydrogens is 519 g/mol. The first-order chi connectivity index (χ1) is 17.0. The van der Waals surface area contributed by atoms with Crippen LogP contribution in [0.2, 0.25) is 0 Å². The summed E-state index contributed by atoms with van der Waals surface area (Å²) in [6, 6.07) is 21.6. The number of hydrogen-bond acceptors (Lipinski definition) is 2. The fourth-order valence-corrected chi connectivity index (χ4v) is 9.19. The van der Waals surface area contributed by atoms with E-state index in [0.717, 1.165) is 11.1 Å². The third kappa shape index (κ3) is 4.40. The van der Waals surface area contributed by atoms with Crippen molar-refractivity contribution in [3.8, 4) is 0 Å². The van der Waals surface area contributed by atoms with Gasteiger partial charge in [0.2, 0.25) is 10.7 Å². The summed E-state index contributed by atoms with van der Waals surface area (Å²) < 4.78 is 102. The second-order valence-electron chi connectivity index (χ2n) is 7.97. The summed E-state index contributed by atoms with van der Waals surface area (Å²) in [5, 5.41) is 0. The van der Waals surface area contributed by atoms with Gasteiger partial charge in [-0.3, -0.25) is 3.63 Å². The molecule has 0 bridgehead atoms. The normalized spacial score (nSPS) is 12.5. The van der Waals surface area contributed by atoms with Crippen LogP contribution < -0.4 is 0 Å². The van der Waals surface area contributed by atoms with Gasteiger partial charge >= 0.3 is 10.1 Å². The minimum absolute atomic E-state index is 0.380. The highest BCUT2D eigenvalue weighted by Gasteiger charge is 2.47. The SMILES string of the molecule is Cc1ccc(S([OH+]S(=O)(=O)c2c(F)c(F)c(F)c(F)c2F)(c2ccccc2)c2ccc(C)cc2)cc1. The zero-order valence-corrected chi connectivity index (χ0v) is 20.6. The molecule has 4 aromatic rings. The molecule has 0 aliphatic rings. The molecule has 36 heavy (non-hydrogen) atoms. The Morgan fingerprint density at radius 1 is 0.528 bits per heavy atom. The van der Waals surface area contributed by atoms with Gasteiger partial charge in [0.1, 0.15) is 0 Å². The van der Waals surface area contributed by atoms with Gasteiger partial charge in [-0.1, -0.05) is 53.6 Å². The van der Waals surface area contributed by atoms with Crippen molar-refractivity contribution in [2.24, 2.45) is 0 Å². The molecule has 0 saturated heterocycles. The maximum absolute atomic E-state index is 14.6. The molecule has 0 aliphatic heterocycles. The lowest BCUT2D eigenvalue weighted by atomic mass is 10.2. The van der Waals surface area contributed by atoms with Gasteiger partial charge in [-0.05, 0) is 50.2 Å². The van der Waals surface area contributed by atoms with Gasteiger partial charge < -0.3 is 0 Å². The maximum atomic E-state index is 14.6. The molecule has 0 aromatic heterocycles. The highest BCUT2D eigenvalue weighted by molar-refractivity contribution is 8.32. The summed E-state index contributed by atoms with van der Waals surface area (Å²) in [5.74, 6) is -12.1. The molecule has 0 unspecified atom stereocenters. The van der Waals surface area contributed by atoms with Crippen LogP contribution in [0.15, 0.2) is 98.4 Å². The Labute approximate surface area is 206 Å². The minimum atomic E-state index is -5.44. The molecule has 4 aromatic carbocycles. The van der Waals surface area contributed by atoms with Crippen molar-refractivity contribution >= 4 is 20.4 Å². The molecule has 0 atom stereocenters. The number of benzene rings is 4. The predicted molar refractivity (Wildman–Crippen MR) is 127 cm³/mol. The topological polar surface area (TPSA) is 46.9 Å². The number of hydrogen-bond donors (Lipinski definition) is 0. The standard InChI is InChI=1S/C26H19F5O3S2/c1-16-8-12-19(13-9-16)35(18-6-4-3-5-7-18,20-14-10-17(2)11-15-20)34-36(32,33)26-24(30)22(28)21(27)23(29)25(26)31/h3-15H,1-2H3/p+1. The highest BCUT2D eigenvalue weighted by Crippen LogP contribution is 2.68. The van der Waals surface area contributed by atoms with Crippen LogP contribution in [0.1, 0.15) is 11.1 Å². The molecule has 0 saturated carbocycles. The summed E-state index contributed by atoms with van der Waals surface area (Å²) in [7, 11) is -8.62. The molecular formula is C26H20F5O3S2+. The summed E-state index contributed by atoms with van der Waals surface area (Å²) in [6.45, 7) is 3.63. The van der Waals surface area contributed by atoms with E-state index in [4.69, 9.17) is 0 Å². The lowest BCUT2D eigenvalue weighted by Gasteiger charge is -2.35. The summed E-state index contributed by atoms with van der Waals surface area (Å²) in [4.78, 5) is -0.845. The molecule has 0 fully saturated rings. The van der Waals surface area contributed by atoms with Gasteiger partial charge in [0, 0.05) is 0 Å². The molecule has 0 aliphatic carbocycles. The Bertz CT molecular complexity index is 1450. The van der Waals surface area contributed by atoms with Crippen LogP contribution in [0.3, 0.4) is 0 Å². The van der Waals surface area contributed by atoms with Crippen LogP contribution in [0.5, 0.6) is 0 Å². The van der Waals surface area contributed by atoms with Gasteiger partial charge in [0.05, 0.1) is 25.0 Å². The largest absolute Gasteiger partial charge is 0.428 e. The van der Waals surface area contributed by atoms with Gasteiger partial charge in [0.15, 0.2) is 23.3 Å². The lowest BCUT2D eigenvalue weighted by molar-refractivity contribution is 0.338. The molecule has 0 amide bonds. The first-order valence-corrected chi connectivity index (χ1v) is 13.5. The monoisotopic (exact) mass is 539 g/mol. The van der Waals surface area contributed by atoms with Crippen molar-refractivity contribution in [2.45, 2.75) is 33.4 Å². The van der Waals surface area contributed by atoms with Crippen molar-refractivity contribution in [3.05, 3.63) is 119 Å². The highest BCUT2D eigenvalue weighted by atomic mass is 32.3. The molecule has 1 N–H and O–H groups in total. The molecule has 0 radical (unpaired) electrons. The van der Waals surface area contributed by atoms with E-state index < -0.39 is 54.4 Å². The Kier molecular flexibility index (Phi) is 6.96. The van der Waals surface area contributed by atoms with Crippen LogP contribution in [0.25, 0.3) is 0 Å². The molecule has 3 nitrogen and oxygen atoms in total. The Morgan fingerprint density at radius 3 is 1.31 bits per heavy atom. The summed E-state index contributed by atoms with van der Waals surface area (Å²) >= 11 is 0. The van der Waals surface area contributed by atoms with Gasteiger partial charge in [-0.15, -0.1) is 8.42 Å². The van der Waals surface area contributed by atoms with E-state index >= 15 is 0 Å². The summed E-state index contributed by atoms with van der Waals surface area (Å²) in [6.07, 6.45) is 0. The van der Waals surface area contributed by atoms with Crippen molar-refractivity contribution in [3.63, 3.8) is 0 Å². The molecule has 10 heteroatoms. The van der Waals surface area contributed by atoms with Gasteiger partial charge in [-0.2, -0.15) is 0 Å². The van der Waals surface area contributed by atoms with E-state index in [1.165, 1.54) is 0 Å². The van der Waals surface area contributed by atoms with Crippen molar-refractivity contribution in [1.82, 2.24) is 0 Å². The van der Waals surface area contributed by atoms with Crippen molar-refractivity contribution < 1.29 is 34.0 Å². The number of halogens is 5. The van der Waals surface area contributed by atoms with Crippen LogP contribution >= 0.6 is 10.3 Å². The van der Waals surface area contributed by atoms with E-state index in [1.54, 1.807) is 78.9 Å². The number of rotatable bonds is 6. The Morgan fingerprint density at radius 2 is 0.889 bits per heavy atom. The van der Waals surface area contributed by atoms with E-state index in [2.05, 4.69) is 3.63 Å². The molecule has 188 valence electrons. The number of aryl methyl sites for hydroxylation is 2. The van der Waals surface area contributed by atoms with Crippen LogP contribution in [0.4, 0.5) is 22.0 Å². The van der Waals surface area contributed by atoms with Gasteiger partial charge in [0.25, 0.3) is 0 Å². The smallest absolute Gasteiger partial charge is 0.258 e. The minimum Gasteiger partial charge on any atom is -0.258 e. The maximum Gasteiger partial charge on any atom is 0.428 e. The average Bonchev–Trinajstić information content (AvgIpc) is 2.86. The molecule has 4 rings (SSSR count). The van der Waals surface area contributed by atoms with E-state index in [-0.39, 0.29) is 0 Å². The second-order valence-corrected chi connectivity index (χ2v) is 12.5. The molecule has 0 heterocycles. The third-order valence-corrected chi connectivity index (χ3v) is 10.9. The van der Waals surface area contributed by atoms with Crippen molar-refractivity contribution in [1.29, 1.82) is 0 Å². The first kappa shape index (κ1) is 25.9. The average molecular weight is 540 g/mol. The van der Waals surface area contributed by atoms with E-state index in [9.17, 15) is 30.4 Å². The van der Waals surface area contributed by atoms with Crippen LogP contribution in [-0.4, -0.2) is 12.0 Å². The quantitative estimate of drug-likeness (QED) is 0.0830. The van der Waals surface area contributed by atoms with Crippen LogP contribution in [0, 0.1) is 42.9 Å². The second kappa shape index (κ2) is 9.68. The fourth-order valence-electron chi connectivity index (χ4n) is 3.62. The van der Waals surface area contributed by atoms with E-state index in [1.807, 2.05) is 13.8 Å².